The van der Waals surface area contributed by atoms with Crippen molar-refractivity contribution in [2.75, 3.05) is 18.5 Å². The van der Waals surface area contributed by atoms with Crippen molar-refractivity contribution in [2.24, 2.45) is 0 Å². The molecule has 21 heavy (non-hydrogen) atoms. The van der Waals surface area contributed by atoms with E-state index in [2.05, 4.69) is 51.3 Å². The molecule has 0 saturated carbocycles. The zero-order chi connectivity index (χ0) is 15.2. The summed E-state index contributed by atoms with van der Waals surface area (Å²) < 4.78 is 14.3. The van der Waals surface area contributed by atoms with Crippen LogP contribution in [0, 0.1) is 5.82 Å². The van der Waals surface area contributed by atoms with Crippen LogP contribution in [0.15, 0.2) is 46.9 Å². The number of benzene rings is 2. The highest BCUT2D eigenvalue weighted by Crippen LogP contribution is 2.24. The number of rotatable bonds is 6. The van der Waals surface area contributed by atoms with E-state index in [1.807, 2.05) is 13.1 Å². The SMILES string of the molecule is CCNCc1ccc(N(C)Cc2cccc(F)c2)cc1Br. The van der Waals surface area contributed by atoms with Crippen LogP contribution in [0.3, 0.4) is 0 Å². The molecule has 4 heteroatoms. The average molecular weight is 351 g/mol. The molecule has 0 aliphatic rings. The molecule has 0 radical (unpaired) electrons. The third-order valence-electron chi connectivity index (χ3n) is 3.35. The highest BCUT2D eigenvalue weighted by molar-refractivity contribution is 9.10. The molecule has 0 atom stereocenters. The largest absolute Gasteiger partial charge is 0.370 e. The Balaban J connectivity index is 2.08. The summed E-state index contributed by atoms with van der Waals surface area (Å²) in [6.07, 6.45) is 0. The highest BCUT2D eigenvalue weighted by Gasteiger charge is 2.06. The molecule has 0 aromatic heterocycles. The minimum Gasteiger partial charge on any atom is -0.370 e. The Kier molecular flexibility index (Phi) is 5.76. The average Bonchev–Trinajstić information content (AvgIpc) is 2.46. The molecule has 112 valence electrons. The van der Waals surface area contributed by atoms with Gasteiger partial charge in [0, 0.05) is 30.3 Å². The molecule has 2 nitrogen and oxygen atoms in total. The molecule has 2 aromatic carbocycles. The fourth-order valence-corrected chi connectivity index (χ4v) is 2.68. The van der Waals surface area contributed by atoms with E-state index in [4.69, 9.17) is 0 Å². The van der Waals surface area contributed by atoms with E-state index < -0.39 is 0 Å². The lowest BCUT2D eigenvalue weighted by Gasteiger charge is -2.20. The summed E-state index contributed by atoms with van der Waals surface area (Å²) in [6, 6.07) is 13.0. The van der Waals surface area contributed by atoms with Crippen molar-refractivity contribution in [3.05, 3.63) is 63.9 Å². The van der Waals surface area contributed by atoms with E-state index in [1.54, 1.807) is 12.1 Å². The van der Waals surface area contributed by atoms with E-state index in [0.29, 0.717) is 6.54 Å². The molecule has 0 aliphatic carbocycles. The van der Waals surface area contributed by atoms with Crippen molar-refractivity contribution in [3.63, 3.8) is 0 Å². The monoisotopic (exact) mass is 350 g/mol. The second-order valence-corrected chi connectivity index (χ2v) is 5.90. The Hall–Kier alpha value is -1.39. The molecule has 0 unspecified atom stereocenters. The lowest BCUT2D eigenvalue weighted by atomic mass is 10.1. The molecular formula is C17H20BrFN2. The van der Waals surface area contributed by atoms with Gasteiger partial charge in [0.25, 0.3) is 0 Å². The molecule has 2 rings (SSSR count). The molecule has 0 saturated heterocycles. The van der Waals surface area contributed by atoms with Crippen molar-refractivity contribution in [1.29, 1.82) is 0 Å². The lowest BCUT2D eigenvalue weighted by Crippen LogP contribution is -2.17. The number of hydrogen-bond donors (Lipinski definition) is 1. The minimum atomic E-state index is -0.192. The van der Waals surface area contributed by atoms with Gasteiger partial charge in [-0.2, -0.15) is 0 Å². The number of halogens is 2. The van der Waals surface area contributed by atoms with Crippen LogP contribution in [-0.2, 0) is 13.1 Å². The molecule has 1 N–H and O–H groups in total. The third-order valence-corrected chi connectivity index (χ3v) is 4.09. The van der Waals surface area contributed by atoms with E-state index in [-0.39, 0.29) is 5.82 Å². The first kappa shape index (κ1) is 16.0. The van der Waals surface area contributed by atoms with Crippen LogP contribution < -0.4 is 10.2 Å². The van der Waals surface area contributed by atoms with Gasteiger partial charge in [0.05, 0.1) is 0 Å². The standard InChI is InChI=1S/C17H20BrFN2/c1-3-20-11-14-7-8-16(10-17(14)18)21(2)12-13-5-4-6-15(19)9-13/h4-10,20H,3,11-12H2,1-2H3. The van der Waals surface area contributed by atoms with E-state index in [1.165, 1.54) is 11.6 Å². The first-order valence-electron chi connectivity index (χ1n) is 7.05. The van der Waals surface area contributed by atoms with E-state index >= 15 is 0 Å². The number of nitrogens with one attached hydrogen (secondary N) is 1. The predicted molar refractivity (Wildman–Crippen MR) is 90.0 cm³/mol. The first-order chi connectivity index (χ1) is 10.1. The number of hydrogen-bond acceptors (Lipinski definition) is 2. The summed E-state index contributed by atoms with van der Waals surface area (Å²) in [7, 11) is 2.01. The Morgan fingerprint density at radius 1 is 1.19 bits per heavy atom. The molecule has 0 bridgehead atoms. The molecule has 0 heterocycles. The van der Waals surface area contributed by atoms with Gasteiger partial charge in [-0.05, 0) is 41.9 Å². The van der Waals surface area contributed by atoms with Gasteiger partial charge in [0.1, 0.15) is 5.82 Å². The quantitative estimate of drug-likeness (QED) is 0.833. The molecule has 0 amide bonds. The van der Waals surface area contributed by atoms with Crippen molar-refractivity contribution in [1.82, 2.24) is 5.32 Å². The van der Waals surface area contributed by atoms with Crippen LogP contribution in [0.1, 0.15) is 18.1 Å². The molecular weight excluding hydrogens is 331 g/mol. The molecule has 0 spiro atoms. The molecule has 0 aliphatic heterocycles. The van der Waals surface area contributed by atoms with Crippen LogP contribution in [0.2, 0.25) is 0 Å². The Bertz CT molecular complexity index is 601. The van der Waals surface area contributed by atoms with Gasteiger partial charge in [0.2, 0.25) is 0 Å². The topological polar surface area (TPSA) is 15.3 Å². The van der Waals surface area contributed by atoms with Crippen LogP contribution in [0.5, 0.6) is 0 Å². The van der Waals surface area contributed by atoms with Crippen LogP contribution >= 0.6 is 15.9 Å². The van der Waals surface area contributed by atoms with Gasteiger partial charge < -0.3 is 10.2 Å². The second-order valence-electron chi connectivity index (χ2n) is 5.04. The summed E-state index contributed by atoms with van der Waals surface area (Å²) in [5.74, 6) is -0.192. The summed E-state index contributed by atoms with van der Waals surface area (Å²) in [5, 5.41) is 3.31. The number of nitrogens with zero attached hydrogens (tertiary/aromatic N) is 1. The van der Waals surface area contributed by atoms with Gasteiger partial charge in [0.15, 0.2) is 0 Å². The number of anilines is 1. The van der Waals surface area contributed by atoms with Gasteiger partial charge in [-0.25, -0.2) is 4.39 Å². The van der Waals surface area contributed by atoms with E-state index in [0.717, 1.165) is 28.8 Å². The third kappa shape index (κ3) is 4.55. The summed E-state index contributed by atoms with van der Waals surface area (Å²) >= 11 is 3.62. The smallest absolute Gasteiger partial charge is 0.123 e. The normalized spacial score (nSPS) is 10.7. The van der Waals surface area contributed by atoms with Crippen molar-refractivity contribution in [3.8, 4) is 0 Å². The first-order valence-corrected chi connectivity index (χ1v) is 7.84. The Morgan fingerprint density at radius 3 is 2.67 bits per heavy atom. The van der Waals surface area contributed by atoms with Crippen LogP contribution in [-0.4, -0.2) is 13.6 Å². The summed E-state index contributed by atoms with van der Waals surface area (Å²) in [6.45, 7) is 4.57. The van der Waals surface area contributed by atoms with E-state index in [9.17, 15) is 4.39 Å². The van der Waals surface area contributed by atoms with Gasteiger partial charge in [-0.15, -0.1) is 0 Å². The van der Waals surface area contributed by atoms with Crippen molar-refractivity contribution < 1.29 is 4.39 Å². The summed E-state index contributed by atoms with van der Waals surface area (Å²) in [4.78, 5) is 2.11. The maximum Gasteiger partial charge on any atom is 0.123 e. The molecule has 0 fully saturated rings. The predicted octanol–water partition coefficient (Wildman–Crippen LogP) is 4.33. The lowest BCUT2D eigenvalue weighted by molar-refractivity contribution is 0.625. The Labute approximate surface area is 134 Å². The fraction of sp³-hybridized carbons (Fsp3) is 0.294. The Morgan fingerprint density at radius 2 is 2.00 bits per heavy atom. The van der Waals surface area contributed by atoms with Gasteiger partial charge in [-0.3, -0.25) is 0 Å². The molecule has 2 aromatic rings. The van der Waals surface area contributed by atoms with Crippen LogP contribution in [0.4, 0.5) is 10.1 Å². The second kappa shape index (κ2) is 7.57. The maximum absolute atomic E-state index is 13.2. The van der Waals surface area contributed by atoms with Crippen molar-refractivity contribution in [2.45, 2.75) is 20.0 Å². The minimum absolute atomic E-state index is 0.192. The highest BCUT2D eigenvalue weighted by atomic mass is 79.9. The zero-order valence-electron chi connectivity index (χ0n) is 12.4. The van der Waals surface area contributed by atoms with Gasteiger partial charge in [-0.1, -0.05) is 41.1 Å². The maximum atomic E-state index is 13.2. The fourth-order valence-electron chi connectivity index (χ4n) is 2.18. The van der Waals surface area contributed by atoms with Crippen LogP contribution in [0.25, 0.3) is 0 Å². The van der Waals surface area contributed by atoms with Gasteiger partial charge >= 0.3 is 0 Å². The van der Waals surface area contributed by atoms with Crippen molar-refractivity contribution >= 4 is 21.6 Å². The summed E-state index contributed by atoms with van der Waals surface area (Å²) in [5.41, 5.74) is 3.30. The zero-order valence-corrected chi connectivity index (χ0v) is 14.0.